The normalized spacial score (nSPS) is 12.6. The van der Waals surface area contributed by atoms with Crippen LogP contribution < -0.4 is 5.32 Å². The summed E-state index contributed by atoms with van der Waals surface area (Å²) in [5.74, 6) is -3.42. The second kappa shape index (κ2) is 18.7. The van der Waals surface area contributed by atoms with Crippen LogP contribution >= 0.6 is 23.2 Å². The van der Waals surface area contributed by atoms with Crippen LogP contribution in [-0.4, -0.2) is 60.0 Å². The number of unbranched alkanes of at least 4 members (excludes halogenated alkanes) is 5. The van der Waals surface area contributed by atoms with Crippen molar-refractivity contribution in [2.45, 2.75) is 83.8 Å². The number of aryl methyl sites for hydroxylation is 4. The number of benzene rings is 2. The van der Waals surface area contributed by atoms with Gasteiger partial charge in [-0.1, -0.05) is 66.7 Å². The maximum atomic E-state index is 12.9. The van der Waals surface area contributed by atoms with Crippen LogP contribution in [0.15, 0.2) is 36.4 Å². The molecule has 0 radical (unpaired) electrons. The largest absolute Gasteiger partial charge is 0.480 e. The van der Waals surface area contributed by atoms with Crippen molar-refractivity contribution in [3.05, 3.63) is 68.7 Å². The third kappa shape index (κ3) is 13.3. The molecule has 0 bridgehead atoms. The van der Waals surface area contributed by atoms with Crippen molar-refractivity contribution in [1.82, 2.24) is 5.32 Å². The fraction of sp³-hybridized carbons (Fsp3) is 0.516. The molecule has 2 unspecified atom stereocenters. The van der Waals surface area contributed by atoms with Gasteiger partial charge in [0.15, 0.2) is 12.2 Å². The number of carboxylic acids is 2. The zero-order valence-electron chi connectivity index (χ0n) is 23.8. The fourth-order valence-corrected chi connectivity index (χ4v) is 4.66. The molecule has 0 fully saturated rings. The molecule has 0 spiro atoms. The molecule has 41 heavy (non-hydrogen) atoms. The third-order valence-corrected chi connectivity index (χ3v) is 7.56. The van der Waals surface area contributed by atoms with E-state index in [-0.39, 0.29) is 6.61 Å². The van der Waals surface area contributed by atoms with Gasteiger partial charge in [-0.05, 0) is 86.8 Å². The Hall–Kier alpha value is -2.65. The van der Waals surface area contributed by atoms with Gasteiger partial charge in [0.25, 0.3) is 5.91 Å². The lowest BCUT2D eigenvalue weighted by atomic mass is 10.0. The first kappa shape index (κ1) is 34.6. The van der Waals surface area contributed by atoms with Crippen molar-refractivity contribution in [1.29, 1.82) is 0 Å². The number of carbonyl (C=O) groups excluding carboxylic acids is 1. The monoisotopic (exact) mass is 609 g/mol. The summed E-state index contributed by atoms with van der Waals surface area (Å²) in [5, 5.41) is 22.3. The van der Waals surface area contributed by atoms with Crippen molar-refractivity contribution in [2.24, 2.45) is 0 Å². The second-order valence-electron chi connectivity index (χ2n) is 10.2. The average molecular weight is 611 g/mol. The lowest BCUT2D eigenvalue weighted by Gasteiger charge is -2.23. The summed E-state index contributed by atoms with van der Waals surface area (Å²) < 4.78 is 10.7. The molecule has 0 aromatic heterocycles. The Balaban J connectivity index is 1.77. The Labute approximate surface area is 252 Å². The smallest absolute Gasteiger partial charge is 0.336 e. The molecule has 8 nitrogen and oxygen atoms in total. The van der Waals surface area contributed by atoms with Crippen LogP contribution in [0.4, 0.5) is 0 Å². The molecule has 0 aliphatic carbocycles. The molecule has 0 saturated carbocycles. The maximum absolute atomic E-state index is 12.9. The van der Waals surface area contributed by atoms with Crippen molar-refractivity contribution < 1.29 is 34.1 Å². The summed E-state index contributed by atoms with van der Waals surface area (Å²) in [6, 6.07) is 12.0. The molecule has 2 rings (SSSR count). The number of hydrogen-bond donors (Lipinski definition) is 3. The van der Waals surface area contributed by atoms with Crippen LogP contribution in [0.25, 0.3) is 0 Å². The van der Waals surface area contributed by atoms with E-state index in [9.17, 15) is 19.5 Å². The van der Waals surface area contributed by atoms with E-state index < -0.39 is 36.7 Å². The van der Waals surface area contributed by atoms with Gasteiger partial charge in [-0.25, -0.2) is 9.59 Å². The summed E-state index contributed by atoms with van der Waals surface area (Å²) in [4.78, 5) is 35.6. The van der Waals surface area contributed by atoms with Gasteiger partial charge in [-0.15, -0.1) is 0 Å². The van der Waals surface area contributed by atoms with E-state index in [2.05, 4.69) is 37.4 Å². The molecule has 0 saturated heterocycles. The quantitative estimate of drug-likeness (QED) is 0.153. The molecular weight excluding hydrogens is 569 g/mol. The molecule has 0 aliphatic heterocycles. The summed E-state index contributed by atoms with van der Waals surface area (Å²) in [6.07, 6.45) is 4.43. The van der Waals surface area contributed by atoms with Crippen LogP contribution in [0.2, 0.25) is 10.0 Å². The van der Waals surface area contributed by atoms with E-state index in [1.807, 2.05) is 12.1 Å². The minimum Gasteiger partial charge on any atom is -0.480 e. The average Bonchev–Trinajstić information content (AvgIpc) is 2.92. The molecule has 3 N–H and O–H groups in total. The molecule has 0 aliphatic rings. The Morgan fingerprint density at radius 2 is 1.39 bits per heavy atom. The molecule has 10 heteroatoms. The molecule has 2 aromatic rings. The standard InChI is InChI=1S/C31H41Cl2NO7/c1-21-12-13-23(18-22(21)2)10-7-5-9-17-40-28(29(31(38)39)41-20-27(35)36)30(37)34-16-8-4-3-6-11-24-14-15-25(32)26(33)19-24/h12-15,18-19,28-29H,3-11,16-17,20H2,1-2H3,(H,34,37)(H,35,36)(H,38,39). The van der Waals surface area contributed by atoms with Gasteiger partial charge in [-0.2, -0.15) is 0 Å². The zero-order chi connectivity index (χ0) is 30.2. The summed E-state index contributed by atoms with van der Waals surface area (Å²) >= 11 is 12.0. The number of rotatable bonds is 20. The summed E-state index contributed by atoms with van der Waals surface area (Å²) in [5.41, 5.74) is 4.88. The Bertz CT molecular complexity index is 1140. The van der Waals surface area contributed by atoms with Crippen LogP contribution in [0, 0.1) is 13.8 Å². The van der Waals surface area contributed by atoms with Gasteiger partial charge in [0, 0.05) is 13.2 Å². The molecule has 0 heterocycles. The van der Waals surface area contributed by atoms with Gasteiger partial charge in [0.1, 0.15) is 6.61 Å². The number of nitrogens with one attached hydrogen (secondary N) is 1. The first-order valence-electron chi connectivity index (χ1n) is 14.0. The van der Waals surface area contributed by atoms with Gasteiger partial charge < -0.3 is 25.0 Å². The van der Waals surface area contributed by atoms with Crippen molar-refractivity contribution in [2.75, 3.05) is 19.8 Å². The highest BCUT2D eigenvalue weighted by Gasteiger charge is 2.36. The Morgan fingerprint density at radius 3 is 2.02 bits per heavy atom. The van der Waals surface area contributed by atoms with Crippen LogP contribution in [0.5, 0.6) is 0 Å². The maximum Gasteiger partial charge on any atom is 0.336 e. The first-order valence-corrected chi connectivity index (χ1v) is 14.8. The van der Waals surface area contributed by atoms with Gasteiger partial charge in [0.2, 0.25) is 0 Å². The van der Waals surface area contributed by atoms with Crippen molar-refractivity contribution >= 4 is 41.0 Å². The zero-order valence-corrected chi connectivity index (χ0v) is 25.3. The van der Waals surface area contributed by atoms with E-state index in [1.165, 1.54) is 16.7 Å². The minimum absolute atomic E-state index is 0.153. The predicted octanol–water partition coefficient (Wildman–Crippen LogP) is 6.18. The van der Waals surface area contributed by atoms with Crippen LogP contribution in [-0.2, 0) is 36.7 Å². The second-order valence-corrected chi connectivity index (χ2v) is 11.0. The van der Waals surface area contributed by atoms with E-state index in [0.717, 1.165) is 50.5 Å². The molecule has 226 valence electrons. The van der Waals surface area contributed by atoms with Gasteiger partial charge in [-0.3, -0.25) is 4.79 Å². The number of hydrogen-bond acceptors (Lipinski definition) is 5. The van der Waals surface area contributed by atoms with Gasteiger partial charge >= 0.3 is 11.9 Å². The lowest BCUT2D eigenvalue weighted by molar-refractivity contribution is -0.172. The molecular formula is C31H41Cl2NO7. The van der Waals surface area contributed by atoms with Crippen molar-refractivity contribution in [3.63, 3.8) is 0 Å². The minimum atomic E-state index is -1.73. The third-order valence-electron chi connectivity index (χ3n) is 6.82. The topological polar surface area (TPSA) is 122 Å². The Morgan fingerprint density at radius 1 is 0.756 bits per heavy atom. The molecule has 2 atom stereocenters. The van der Waals surface area contributed by atoms with E-state index in [0.29, 0.717) is 29.4 Å². The van der Waals surface area contributed by atoms with E-state index >= 15 is 0 Å². The summed E-state index contributed by atoms with van der Waals surface area (Å²) in [6.45, 7) is 3.81. The number of aliphatic carboxylic acids is 2. The predicted molar refractivity (Wildman–Crippen MR) is 160 cm³/mol. The number of halogens is 2. The summed E-state index contributed by atoms with van der Waals surface area (Å²) in [7, 11) is 0. The number of carboxylic acid groups (broad SMARTS) is 2. The lowest BCUT2D eigenvalue weighted by Crippen LogP contribution is -2.49. The van der Waals surface area contributed by atoms with Gasteiger partial charge in [0.05, 0.1) is 10.0 Å². The fourth-order valence-electron chi connectivity index (χ4n) is 4.34. The molecule has 2 aromatic carbocycles. The van der Waals surface area contributed by atoms with E-state index in [1.54, 1.807) is 6.07 Å². The van der Waals surface area contributed by atoms with E-state index in [4.69, 9.17) is 37.8 Å². The number of ether oxygens (including phenoxy) is 2. The molecule has 1 amide bonds. The SMILES string of the molecule is Cc1ccc(CCCCCOC(C(=O)NCCCCCCc2ccc(Cl)c(Cl)c2)C(OCC(=O)O)C(=O)O)cc1C. The highest BCUT2D eigenvalue weighted by molar-refractivity contribution is 6.42. The number of carbonyl (C=O) groups is 3. The highest BCUT2D eigenvalue weighted by Crippen LogP contribution is 2.23. The van der Waals surface area contributed by atoms with Crippen molar-refractivity contribution in [3.8, 4) is 0 Å². The van der Waals surface area contributed by atoms with Crippen LogP contribution in [0.1, 0.15) is 67.2 Å². The first-order chi connectivity index (χ1) is 19.6. The Kier molecular flexibility index (Phi) is 15.8. The number of amides is 1. The highest BCUT2D eigenvalue weighted by atomic mass is 35.5. The van der Waals surface area contributed by atoms with Crippen LogP contribution in [0.3, 0.4) is 0 Å².